The Bertz CT molecular complexity index is 446. The highest BCUT2D eigenvalue weighted by Gasteiger charge is 2.03. The van der Waals surface area contributed by atoms with Gasteiger partial charge in [0.25, 0.3) is 0 Å². The van der Waals surface area contributed by atoms with Gasteiger partial charge in [0.1, 0.15) is 11.5 Å². The van der Waals surface area contributed by atoms with Gasteiger partial charge in [-0.15, -0.1) is 0 Å². The molecule has 1 aromatic heterocycles. The highest BCUT2D eigenvalue weighted by molar-refractivity contribution is 7.81. The van der Waals surface area contributed by atoms with E-state index in [9.17, 15) is 9.59 Å². The van der Waals surface area contributed by atoms with E-state index in [-0.39, 0.29) is 17.6 Å². The Morgan fingerprint density at radius 2 is 1.86 bits per heavy atom. The second-order valence-electron chi connectivity index (χ2n) is 4.96. The summed E-state index contributed by atoms with van der Waals surface area (Å²) in [7, 11) is 0. The van der Waals surface area contributed by atoms with E-state index in [4.69, 9.17) is 4.42 Å². The summed E-state index contributed by atoms with van der Waals surface area (Å²) < 4.78 is 5.38. The molecule has 6 heteroatoms. The molecule has 2 N–H and O–H groups in total. The van der Waals surface area contributed by atoms with Crippen LogP contribution in [0.1, 0.15) is 43.6 Å². The lowest BCUT2D eigenvalue weighted by Gasteiger charge is -2.04. The van der Waals surface area contributed by atoms with Crippen LogP contribution in [0.5, 0.6) is 0 Å². The van der Waals surface area contributed by atoms with E-state index in [1.165, 1.54) is 0 Å². The van der Waals surface area contributed by atoms with E-state index in [0.717, 1.165) is 37.2 Å². The molecular formula is C15H24N2O3S. The van der Waals surface area contributed by atoms with Crippen LogP contribution in [0.4, 0.5) is 0 Å². The first-order valence-electron chi connectivity index (χ1n) is 7.31. The maximum atomic E-state index is 11.6. The number of thiol groups is 1. The van der Waals surface area contributed by atoms with Gasteiger partial charge in [-0.05, 0) is 31.9 Å². The molecule has 0 aliphatic heterocycles. The van der Waals surface area contributed by atoms with Gasteiger partial charge in [-0.1, -0.05) is 12.8 Å². The van der Waals surface area contributed by atoms with E-state index >= 15 is 0 Å². The molecule has 0 radical (unpaired) electrons. The number of unbranched alkanes of at least 4 members (excludes halogenated alkanes) is 3. The highest BCUT2D eigenvalue weighted by Crippen LogP contribution is 2.06. The Labute approximate surface area is 131 Å². The average Bonchev–Trinajstić information content (AvgIpc) is 2.89. The zero-order chi connectivity index (χ0) is 15.5. The normalized spacial score (nSPS) is 10.4. The number of nitrogens with one attached hydrogen (secondary N) is 2. The van der Waals surface area contributed by atoms with Gasteiger partial charge in [-0.25, -0.2) is 0 Å². The van der Waals surface area contributed by atoms with Crippen molar-refractivity contribution >= 4 is 24.4 Å². The van der Waals surface area contributed by atoms with Crippen LogP contribution in [0.3, 0.4) is 0 Å². The van der Waals surface area contributed by atoms with Crippen molar-refractivity contribution < 1.29 is 14.0 Å². The minimum absolute atomic E-state index is 0.0362. The summed E-state index contributed by atoms with van der Waals surface area (Å²) in [5.74, 6) is 1.87. The standard InChI is InChI=1S/C15H24N2O3S/c1-12-7-8-13(20-12)10-17-14(18)6-4-2-3-5-9-16-15(19)11-21/h7-8,21H,2-6,9-11H2,1H3,(H,16,19)(H,17,18). The second-order valence-corrected chi connectivity index (χ2v) is 5.28. The molecule has 1 rings (SSSR count). The van der Waals surface area contributed by atoms with Crippen LogP contribution in [0.2, 0.25) is 0 Å². The van der Waals surface area contributed by atoms with Crippen LogP contribution >= 0.6 is 12.6 Å². The lowest BCUT2D eigenvalue weighted by molar-refractivity contribution is -0.121. The molecule has 0 unspecified atom stereocenters. The third kappa shape index (κ3) is 8.45. The van der Waals surface area contributed by atoms with E-state index in [0.29, 0.717) is 19.5 Å². The Balaban J connectivity index is 1.95. The average molecular weight is 312 g/mol. The van der Waals surface area contributed by atoms with Crippen LogP contribution in [0.25, 0.3) is 0 Å². The largest absolute Gasteiger partial charge is 0.465 e. The van der Waals surface area contributed by atoms with Crippen molar-refractivity contribution in [1.82, 2.24) is 10.6 Å². The predicted molar refractivity (Wildman–Crippen MR) is 85.2 cm³/mol. The first-order valence-corrected chi connectivity index (χ1v) is 7.94. The molecule has 2 amide bonds. The molecule has 0 saturated heterocycles. The van der Waals surface area contributed by atoms with Crippen LogP contribution in [0.15, 0.2) is 16.5 Å². The molecule has 5 nitrogen and oxygen atoms in total. The summed E-state index contributed by atoms with van der Waals surface area (Å²) in [6, 6.07) is 3.75. The maximum Gasteiger partial charge on any atom is 0.229 e. The fourth-order valence-electron chi connectivity index (χ4n) is 1.90. The van der Waals surface area contributed by atoms with E-state index in [2.05, 4.69) is 23.3 Å². The molecule has 0 fully saturated rings. The van der Waals surface area contributed by atoms with Crippen molar-refractivity contribution in [2.45, 2.75) is 45.6 Å². The minimum Gasteiger partial charge on any atom is -0.465 e. The Morgan fingerprint density at radius 1 is 1.10 bits per heavy atom. The molecule has 1 aromatic rings. The molecule has 0 atom stereocenters. The molecule has 1 heterocycles. The first-order chi connectivity index (χ1) is 10.1. The third-order valence-electron chi connectivity index (χ3n) is 3.05. The highest BCUT2D eigenvalue weighted by atomic mass is 32.1. The number of hydrogen-bond donors (Lipinski definition) is 3. The fourth-order valence-corrected chi connectivity index (χ4v) is 2.01. The number of carbonyl (C=O) groups is 2. The van der Waals surface area contributed by atoms with Gasteiger partial charge in [0, 0.05) is 13.0 Å². The smallest absolute Gasteiger partial charge is 0.229 e. The number of carbonyl (C=O) groups excluding carboxylic acids is 2. The number of furan rings is 1. The summed E-state index contributed by atoms with van der Waals surface area (Å²) in [5.41, 5.74) is 0. The molecule has 0 saturated carbocycles. The maximum absolute atomic E-state index is 11.6. The Kier molecular flexibility index (Phi) is 8.66. The zero-order valence-electron chi connectivity index (χ0n) is 12.5. The Hall–Kier alpha value is -1.43. The van der Waals surface area contributed by atoms with Crippen LogP contribution in [-0.2, 0) is 16.1 Å². The molecule has 0 bridgehead atoms. The van der Waals surface area contributed by atoms with Gasteiger partial charge in [0.05, 0.1) is 12.3 Å². The molecular weight excluding hydrogens is 288 g/mol. The topological polar surface area (TPSA) is 71.3 Å². The monoisotopic (exact) mass is 312 g/mol. The summed E-state index contributed by atoms with van der Waals surface area (Å²) in [6.07, 6.45) is 4.33. The second kappa shape index (κ2) is 10.3. The number of hydrogen-bond acceptors (Lipinski definition) is 4. The van der Waals surface area contributed by atoms with Crippen molar-refractivity contribution in [2.24, 2.45) is 0 Å². The summed E-state index contributed by atoms with van der Waals surface area (Å²) in [4.78, 5) is 22.6. The number of aryl methyl sites for hydroxylation is 1. The first kappa shape index (κ1) is 17.6. The van der Waals surface area contributed by atoms with Gasteiger partial charge < -0.3 is 15.1 Å². The van der Waals surface area contributed by atoms with Crippen LogP contribution in [-0.4, -0.2) is 24.1 Å². The predicted octanol–water partition coefficient (Wildman–Crippen LogP) is 2.20. The van der Waals surface area contributed by atoms with Gasteiger partial charge in [0.15, 0.2) is 0 Å². The lowest BCUT2D eigenvalue weighted by Crippen LogP contribution is -2.25. The lowest BCUT2D eigenvalue weighted by atomic mass is 10.1. The van der Waals surface area contributed by atoms with Crippen molar-refractivity contribution in [3.05, 3.63) is 23.7 Å². The SMILES string of the molecule is Cc1ccc(CNC(=O)CCCCCCNC(=O)CS)o1. The molecule has 118 valence electrons. The van der Waals surface area contributed by atoms with E-state index in [1.807, 2.05) is 19.1 Å². The minimum atomic E-state index is -0.0362. The molecule has 0 aliphatic carbocycles. The number of rotatable bonds is 10. The van der Waals surface area contributed by atoms with Crippen molar-refractivity contribution in [3.63, 3.8) is 0 Å². The van der Waals surface area contributed by atoms with Gasteiger partial charge in [-0.2, -0.15) is 12.6 Å². The van der Waals surface area contributed by atoms with Crippen LogP contribution < -0.4 is 10.6 Å². The molecule has 0 aromatic carbocycles. The Morgan fingerprint density at radius 3 is 2.52 bits per heavy atom. The quantitative estimate of drug-likeness (QED) is 0.458. The third-order valence-corrected chi connectivity index (χ3v) is 3.34. The van der Waals surface area contributed by atoms with E-state index in [1.54, 1.807) is 0 Å². The summed E-state index contributed by atoms with van der Waals surface area (Å²) >= 11 is 3.88. The van der Waals surface area contributed by atoms with Crippen molar-refractivity contribution in [3.8, 4) is 0 Å². The fraction of sp³-hybridized carbons (Fsp3) is 0.600. The number of amides is 2. The van der Waals surface area contributed by atoms with E-state index < -0.39 is 0 Å². The van der Waals surface area contributed by atoms with Crippen molar-refractivity contribution in [1.29, 1.82) is 0 Å². The van der Waals surface area contributed by atoms with Gasteiger partial charge in [-0.3, -0.25) is 9.59 Å². The van der Waals surface area contributed by atoms with Gasteiger partial charge in [0.2, 0.25) is 11.8 Å². The van der Waals surface area contributed by atoms with Crippen LogP contribution in [0, 0.1) is 6.92 Å². The van der Waals surface area contributed by atoms with Crippen molar-refractivity contribution in [2.75, 3.05) is 12.3 Å². The molecule has 0 spiro atoms. The zero-order valence-corrected chi connectivity index (χ0v) is 13.4. The molecule has 0 aliphatic rings. The summed E-state index contributed by atoms with van der Waals surface area (Å²) in [6.45, 7) is 3.01. The molecule has 21 heavy (non-hydrogen) atoms. The van der Waals surface area contributed by atoms with Gasteiger partial charge >= 0.3 is 0 Å². The summed E-state index contributed by atoms with van der Waals surface area (Å²) in [5, 5.41) is 5.61.